The molecule has 7 rings (SSSR count). The van der Waals surface area contributed by atoms with Crippen LogP contribution in [0.5, 0.6) is 0 Å². The first-order valence-electron chi connectivity index (χ1n) is 12.5. The first kappa shape index (κ1) is 21.8. The molecular weight excluding hydrogens is 465 g/mol. The van der Waals surface area contributed by atoms with Crippen molar-refractivity contribution < 1.29 is 14.0 Å². The summed E-state index contributed by atoms with van der Waals surface area (Å²) in [6, 6.07) is 27.6. The van der Waals surface area contributed by atoms with Gasteiger partial charge in [-0.25, -0.2) is 4.39 Å². The number of carbonyl (C=O) groups excluding carboxylic acids is 2. The maximum Gasteiger partial charge on any atom is 0.246 e. The molecule has 1 saturated heterocycles. The van der Waals surface area contributed by atoms with Crippen molar-refractivity contribution in [3.8, 4) is 0 Å². The SMILES string of the molecule is O=C1[C@@H]2Cc3c([nH]c4ccccc34)C(c3cccc4ccccc34)N2C(=O)CN1Cc1ccccc1F. The van der Waals surface area contributed by atoms with Gasteiger partial charge in [-0.15, -0.1) is 0 Å². The second-order valence-electron chi connectivity index (χ2n) is 9.84. The van der Waals surface area contributed by atoms with Crippen LogP contribution in [0.1, 0.15) is 28.4 Å². The number of hydrogen-bond acceptors (Lipinski definition) is 2. The molecule has 6 heteroatoms. The molecule has 1 N–H and O–H groups in total. The first-order valence-corrected chi connectivity index (χ1v) is 12.5. The maximum atomic E-state index is 14.4. The Labute approximate surface area is 213 Å². The van der Waals surface area contributed by atoms with E-state index in [0.717, 1.165) is 38.5 Å². The zero-order valence-electron chi connectivity index (χ0n) is 20.0. The molecule has 1 unspecified atom stereocenters. The molecule has 4 aromatic carbocycles. The lowest BCUT2D eigenvalue weighted by molar-refractivity contribution is -0.159. The molecule has 1 fully saturated rings. The van der Waals surface area contributed by atoms with Gasteiger partial charge in [0.25, 0.3) is 0 Å². The van der Waals surface area contributed by atoms with Crippen molar-refractivity contribution in [3.05, 3.63) is 119 Å². The zero-order chi connectivity index (χ0) is 25.1. The van der Waals surface area contributed by atoms with Crippen LogP contribution in [0.2, 0.25) is 0 Å². The summed E-state index contributed by atoms with van der Waals surface area (Å²) in [7, 11) is 0. The summed E-state index contributed by atoms with van der Waals surface area (Å²) in [5.41, 5.74) is 4.40. The standard InChI is InChI=1S/C31H24FN3O2/c32-25-14-5-2-9-20(25)17-34-18-28(36)35-27(31(34)37)16-24-22-12-4-6-15-26(22)33-29(24)30(35)23-13-7-10-19-8-1-3-11-21(19)23/h1-15,27,30,33H,16-18H2/t27-,30?/m0/s1. The van der Waals surface area contributed by atoms with Crippen molar-refractivity contribution in [2.45, 2.75) is 25.0 Å². The minimum absolute atomic E-state index is 0.0707. The average Bonchev–Trinajstić information content (AvgIpc) is 3.30. The van der Waals surface area contributed by atoms with Crippen LogP contribution in [0.3, 0.4) is 0 Å². The van der Waals surface area contributed by atoms with Gasteiger partial charge in [-0.1, -0.05) is 78.9 Å². The average molecular weight is 490 g/mol. The van der Waals surface area contributed by atoms with Gasteiger partial charge >= 0.3 is 0 Å². The Balaban J connectivity index is 1.39. The van der Waals surface area contributed by atoms with Gasteiger partial charge in [0.15, 0.2) is 0 Å². The summed E-state index contributed by atoms with van der Waals surface area (Å²) in [4.78, 5) is 34.6. The highest BCUT2D eigenvalue weighted by atomic mass is 19.1. The molecule has 2 amide bonds. The topological polar surface area (TPSA) is 56.4 Å². The fraction of sp³-hybridized carbons (Fsp3) is 0.161. The third-order valence-corrected chi connectivity index (χ3v) is 7.78. The summed E-state index contributed by atoms with van der Waals surface area (Å²) in [5, 5.41) is 3.19. The molecule has 2 aliphatic heterocycles. The molecule has 2 aliphatic rings. The Kier molecular flexibility index (Phi) is 4.89. The van der Waals surface area contributed by atoms with Crippen LogP contribution < -0.4 is 0 Å². The summed E-state index contributed by atoms with van der Waals surface area (Å²) in [6.07, 6.45) is 0.416. The second kappa shape index (κ2) is 8.30. The van der Waals surface area contributed by atoms with Crippen LogP contribution in [0.4, 0.5) is 4.39 Å². The summed E-state index contributed by atoms with van der Waals surface area (Å²) in [5.74, 6) is -0.659. The Hall–Kier alpha value is -4.45. The van der Waals surface area contributed by atoms with Crippen LogP contribution >= 0.6 is 0 Å². The minimum Gasteiger partial charge on any atom is -0.356 e. The highest BCUT2D eigenvalue weighted by Crippen LogP contribution is 2.44. The Bertz CT molecular complexity index is 1700. The van der Waals surface area contributed by atoms with Gasteiger partial charge in [0, 0.05) is 35.1 Å². The van der Waals surface area contributed by atoms with Gasteiger partial charge in [0.2, 0.25) is 11.8 Å². The largest absolute Gasteiger partial charge is 0.356 e. The monoisotopic (exact) mass is 489 g/mol. The summed E-state index contributed by atoms with van der Waals surface area (Å²) < 4.78 is 14.4. The molecule has 0 saturated carbocycles. The summed E-state index contributed by atoms with van der Waals surface area (Å²) in [6.45, 7) is -0.0121. The van der Waals surface area contributed by atoms with Crippen LogP contribution in [0, 0.1) is 5.82 Å². The number of rotatable bonds is 3. The van der Waals surface area contributed by atoms with E-state index in [0.29, 0.717) is 12.0 Å². The molecule has 37 heavy (non-hydrogen) atoms. The predicted molar refractivity (Wildman–Crippen MR) is 140 cm³/mol. The molecule has 5 nitrogen and oxygen atoms in total. The molecule has 1 aromatic heterocycles. The molecule has 0 spiro atoms. The Morgan fingerprint density at radius 1 is 0.838 bits per heavy atom. The fourth-order valence-corrected chi connectivity index (χ4v) is 6.10. The minimum atomic E-state index is -0.663. The Morgan fingerprint density at radius 2 is 1.57 bits per heavy atom. The first-order chi connectivity index (χ1) is 18.1. The van der Waals surface area contributed by atoms with Crippen molar-refractivity contribution in [2.75, 3.05) is 6.54 Å². The van der Waals surface area contributed by atoms with E-state index in [4.69, 9.17) is 0 Å². The third-order valence-electron chi connectivity index (χ3n) is 7.78. The normalized spacial score (nSPS) is 19.4. The van der Waals surface area contributed by atoms with E-state index >= 15 is 0 Å². The quantitative estimate of drug-likeness (QED) is 0.372. The Morgan fingerprint density at radius 3 is 2.43 bits per heavy atom. The van der Waals surface area contributed by atoms with Gasteiger partial charge in [0.05, 0.1) is 6.04 Å². The van der Waals surface area contributed by atoms with Crippen LogP contribution in [0.15, 0.2) is 91.0 Å². The number of carbonyl (C=O) groups is 2. The number of aromatic amines is 1. The molecular formula is C31H24FN3O2. The van der Waals surface area contributed by atoms with E-state index in [1.54, 1.807) is 23.1 Å². The number of aromatic nitrogens is 1. The van der Waals surface area contributed by atoms with Gasteiger partial charge in [-0.3, -0.25) is 9.59 Å². The predicted octanol–water partition coefficient (Wildman–Crippen LogP) is 5.35. The van der Waals surface area contributed by atoms with Gasteiger partial charge in [-0.05, 0) is 34.0 Å². The smallest absolute Gasteiger partial charge is 0.246 e. The zero-order valence-corrected chi connectivity index (χ0v) is 20.0. The van der Waals surface area contributed by atoms with E-state index in [1.165, 1.54) is 11.0 Å². The van der Waals surface area contributed by atoms with E-state index in [9.17, 15) is 14.0 Å². The fourth-order valence-electron chi connectivity index (χ4n) is 6.10. The molecule has 3 heterocycles. The number of H-pyrrole nitrogens is 1. The molecule has 182 valence electrons. The van der Waals surface area contributed by atoms with E-state index in [1.807, 2.05) is 42.5 Å². The molecule has 0 bridgehead atoms. The maximum absolute atomic E-state index is 14.4. The molecule has 5 aromatic rings. The van der Waals surface area contributed by atoms with E-state index in [-0.39, 0.29) is 30.7 Å². The van der Waals surface area contributed by atoms with Crippen molar-refractivity contribution >= 4 is 33.5 Å². The van der Waals surface area contributed by atoms with Gasteiger partial charge < -0.3 is 14.8 Å². The number of fused-ring (bicyclic) bond motifs is 5. The van der Waals surface area contributed by atoms with Crippen molar-refractivity contribution in [1.82, 2.24) is 14.8 Å². The van der Waals surface area contributed by atoms with Crippen LogP contribution in [-0.4, -0.2) is 39.2 Å². The highest BCUT2D eigenvalue weighted by molar-refractivity contribution is 5.98. The summed E-state index contributed by atoms with van der Waals surface area (Å²) >= 11 is 0. The molecule has 0 radical (unpaired) electrons. The second-order valence-corrected chi connectivity index (χ2v) is 9.84. The number of halogens is 1. The highest BCUT2D eigenvalue weighted by Gasteiger charge is 2.48. The molecule has 0 aliphatic carbocycles. The van der Waals surface area contributed by atoms with E-state index in [2.05, 4.69) is 29.2 Å². The van der Waals surface area contributed by atoms with Gasteiger partial charge in [-0.2, -0.15) is 0 Å². The van der Waals surface area contributed by atoms with Crippen LogP contribution in [0.25, 0.3) is 21.7 Å². The van der Waals surface area contributed by atoms with Crippen molar-refractivity contribution in [1.29, 1.82) is 0 Å². The number of piperazine rings is 1. The number of para-hydroxylation sites is 1. The van der Waals surface area contributed by atoms with Crippen molar-refractivity contribution in [3.63, 3.8) is 0 Å². The van der Waals surface area contributed by atoms with Gasteiger partial charge in [0.1, 0.15) is 18.4 Å². The molecule has 2 atom stereocenters. The van der Waals surface area contributed by atoms with Crippen molar-refractivity contribution in [2.24, 2.45) is 0 Å². The number of amides is 2. The lowest BCUT2D eigenvalue weighted by Gasteiger charge is -2.47. The lowest BCUT2D eigenvalue weighted by Crippen LogP contribution is -2.62. The van der Waals surface area contributed by atoms with E-state index < -0.39 is 12.1 Å². The number of benzene rings is 4. The number of nitrogens with zero attached hydrogens (tertiary/aromatic N) is 2. The lowest BCUT2D eigenvalue weighted by atomic mass is 9.84. The third kappa shape index (κ3) is 3.36. The number of nitrogens with one attached hydrogen (secondary N) is 1. The number of hydrogen-bond donors (Lipinski definition) is 1. The van der Waals surface area contributed by atoms with Crippen LogP contribution in [-0.2, 0) is 22.6 Å².